The van der Waals surface area contributed by atoms with Gasteiger partial charge in [0.2, 0.25) is 0 Å². The largest absolute Gasteiger partial charge is 0.453 e. The number of benzene rings is 3. The molecule has 0 aromatic heterocycles. The Hall–Kier alpha value is -2.74. The van der Waals surface area contributed by atoms with Gasteiger partial charge in [-0.15, -0.1) is 0 Å². The number of nitrogens with zero attached hydrogens (tertiary/aromatic N) is 1. The van der Waals surface area contributed by atoms with Gasteiger partial charge >= 0.3 is 0 Å². The summed E-state index contributed by atoms with van der Waals surface area (Å²) in [6, 6.07) is 26.6. The van der Waals surface area contributed by atoms with Crippen LogP contribution in [0.1, 0.15) is 0 Å². The fourth-order valence-electron chi connectivity index (χ4n) is 2.56. The number of fused-ring (bicyclic) bond motifs is 2. The van der Waals surface area contributed by atoms with Gasteiger partial charge in [0, 0.05) is 5.69 Å². The van der Waals surface area contributed by atoms with E-state index >= 15 is 0 Å². The van der Waals surface area contributed by atoms with E-state index in [1.807, 2.05) is 42.5 Å². The first-order valence-corrected chi connectivity index (χ1v) is 6.64. The first-order valence-electron chi connectivity index (χ1n) is 6.64. The van der Waals surface area contributed by atoms with Crippen molar-refractivity contribution in [3.8, 4) is 11.5 Å². The molecule has 3 aromatic rings. The summed E-state index contributed by atoms with van der Waals surface area (Å²) in [4.78, 5) is 2.23. The Morgan fingerprint density at radius 2 is 1.05 bits per heavy atom. The molecule has 1 aliphatic rings. The van der Waals surface area contributed by atoms with Crippen LogP contribution in [0, 0.1) is 0 Å². The summed E-state index contributed by atoms with van der Waals surface area (Å²) >= 11 is 0. The standard InChI is InChI=1S/C18H13NO/c1-2-8-14(9-3-1)19-15-10-4-6-12-17(15)20-18-13-7-5-11-16(18)19/h1-13H. The van der Waals surface area contributed by atoms with Crippen LogP contribution < -0.4 is 9.64 Å². The second-order valence-corrected chi connectivity index (χ2v) is 4.71. The highest BCUT2D eigenvalue weighted by atomic mass is 16.5. The summed E-state index contributed by atoms with van der Waals surface area (Å²) in [6.07, 6.45) is 0. The molecule has 3 aromatic carbocycles. The van der Waals surface area contributed by atoms with E-state index in [-0.39, 0.29) is 0 Å². The molecule has 0 bridgehead atoms. The van der Waals surface area contributed by atoms with Crippen molar-refractivity contribution in [2.24, 2.45) is 0 Å². The van der Waals surface area contributed by atoms with Gasteiger partial charge in [0.25, 0.3) is 0 Å². The molecule has 2 heteroatoms. The van der Waals surface area contributed by atoms with Gasteiger partial charge in [-0.1, -0.05) is 42.5 Å². The molecule has 0 saturated heterocycles. The smallest absolute Gasteiger partial charge is 0.151 e. The molecule has 0 unspecified atom stereocenters. The Kier molecular flexibility index (Phi) is 2.46. The first kappa shape index (κ1) is 11.1. The third-order valence-corrected chi connectivity index (χ3v) is 3.45. The van der Waals surface area contributed by atoms with Gasteiger partial charge in [-0.3, -0.25) is 0 Å². The molecule has 4 rings (SSSR count). The highest BCUT2D eigenvalue weighted by molar-refractivity contribution is 5.85. The van der Waals surface area contributed by atoms with Crippen LogP contribution in [0.4, 0.5) is 17.1 Å². The molecule has 0 fully saturated rings. The molecule has 1 heterocycles. The second-order valence-electron chi connectivity index (χ2n) is 4.71. The van der Waals surface area contributed by atoms with Gasteiger partial charge in [-0.2, -0.15) is 0 Å². The number of hydrogen-bond acceptors (Lipinski definition) is 2. The monoisotopic (exact) mass is 259 g/mol. The minimum atomic E-state index is 0.884. The Morgan fingerprint density at radius 3 is 1.65 bits per heavy atom. The maximum atomic E-state index is 5.99. The van der Waals surface area contributed by atoms with Crippen LogP contribution in [-0.4, -0.2) is 0 Å². The zero-order valence-corrected chi connectivity index (χ0v) is 10.9. The van der Waals surface area contributed by atoms with Gasteiger partial charge in [-0.25, -0.2) is 0 Å². The molecule has 0 spiro atoms. The predicted octanol–water partition coefficient (Wildman–Crippen LogP) is 5.26. The molecule has 2 nitrogen and oxygen atoms in total. The van der Waals surface area contributed by atoms with Crippen molar-refractivity contribution in [1.82, 2.24) is 0 Å². The van der Waals surface area contributed by atoms with Gasteiger partial charge in [0.05, 0.1) is 11.4 Å². The summed E-state index contributed by atoms with van der Waals surface area (Å²) < 4.78 is 5.99. The third kappa shape index (κ3) is 1.66. The molecule has 20 heavy (non-hydrogen) atoms. The molecule has 0 atom stereocenters. The van der Waals surface area contributed by atoms with Crippen molar-refractivity contribution in [2.75, 3.05) is 4.90 Å². The Labute approximate surface area is 117 Å². The summed E-state index contributed by atoms with van der Waals surface area (Å²) in [7, 11) is 0. The third-order valence-electron chi connectivity index (χ3n) is 3.45. The summed E-state index contributed by atoms with van der Waals surface area (Å²) in [5, 5.41) is 0. The maximum absolute atomic E-state index is 5.99. The van der Waals surface area contributed by atoms with E-state index in [1.165, 1.54) is 0 Å². The Bertz CT molecular complexity index is 707. The number of hydrogen-bond donors (Lipinski definition) is 0. The van der Waals surface area contributed by atoms with E-state index in [1.54, 1.807) is 0 Å². The molecule has 1 aliphatic heterocycles. The van der Waals surface area contributed by atoms with Crippen LogP contribution in [0.5, 0.6) is 11.5 Å². The van der Waals surface area contributed by atoms with Crippen LogP contribution >= 0.6 is 0 Å². The van der Waals surface area contributed by atoms with Crippen molar-refractivity contribution in [1.29, 1.82) is 0 Å². The molecular formula is C18H13NO. The van der Waals surface area contributed by atoms with Crippen LogP contribution in [0.15, 0.2) is 78.9 Å². The SMILES string of the molecule is c1ccc(N2c3ccccc3Oc3ccccc32)cc1. The fourth-order valence-corrected chi connectivity index (χ4v) is 2.56. The van der Waals surface area contributed by atoms with Gasteiger partial charge in [0.15, 0.2) is 11.5 Å². The first-order chi connectivity index (χ1) is 9.93. The van der Waals surface area contributed by atoms with Crippen molar-refractivity contribution in [3.05, 3.63) is 78.9 Å². The summed E-state index contributed by atoms with van der Waals surface area (Å²) in [5.41, 5.74) is 3.27. The zero-order chi connectivity index (χ0) is 13.4. The van der Waals surface area contributed by atoms with Crippen LogP contribution in [0.2, 0.25) is 0 Å². The zero-order valence-electron chi connectivity index (χ0n) is 10.9. The highest BCUT2D eigenvalue weighted by Crippen LogP contribution is 2.49. The minimum Gasteiger partial charge on any atom is -0.453 e. The molecule has 0 N–H and O–H groups in total. The fraction of sp³-hybridized carbons (Fsp3) is 0. The van der Waals surface area contributed by atoms with Gasteiger partial charge in [-0.05, 0) is 36.4 Å². The van der Waals surface area contributed by atoms with Crippen LogP contribution in [0.3, 0.4) is 0 Å². The van der Waals surface area contributed by atoms with Crippen LogP contribution in [-0.2, 0) is 0 Å². The quantitative estimate of drug-likeness (QED) is 0.462. The van der Waals surface area contributed by atoms with E-state index in [0.29, 0.717) is 0 Å². The van der Waals surface area contributed by atoms with E-state index < -0.39 is 0 Å². The number of para-hydroxylation sites is 5. The molecule has 0 radical (unpaired) electrons. The van der Waals surface area contributed by atoms with E-state index in [2.05, 4.69) is 41.3 Å². The molecule has 0 amide bonds. The average molecular weight is 259 g/mol. The summed E-state index contributed by atoms with van der Waals surface area (Å²) in [5.74, 6) is 1.77. The Morgan fingerprint density at radius 1 is 0.550 bits per heavy atom. The number of ether oxygens (including phenoxy) is 1. The second kappa shape index (κ2) is 4.42. The lowest BCUT2D eigenvalue weighted by Crippen LogP contribution is -2.15. The van der Waals surface area contributed by atoms with Crippen molar-refractivity contribution < 1.29 is 4.74 Å². The lowest BCUT2D eigenvalue weighted by atomic mass is 10.1. The highest BCUT2D eigenvalue weighted by Gasteiger charge is 2.24. The van der Waals surface area contributed by atoms with Crippen LogP contribution in [0.25, 0.3) is 0 Å². The Balaban J connectivity index is 1.98. The van der Waals surface area contributed by atoms with Crippen molar-refractivity contribution >= 4 is 17.1 Å². The van der Waals surface area contributed by atoms with Crippen molar-refractivity contribution in [3.63, 3.8) is 0 Å². The normalized spacial score (nSPS) is 12.3. The number of rotatable bonds is 1. The predicted molar refractivity (Wildman–Crippen MR) is 81.2 cm³/mol. The van der Waals surface area contributed by atoms with E-state index in [9.17, 15) is 0 Å². The van der Waals surface area contributed by atoms with E-state index in [4.69, 9.17) is 4.74 Å². The molecule has 96 valence electrons. The van der Waals surface area contributed by atoms with Crippen molar-refractivity contribution in [2.45, 2.75) is 0 Å². The lowest BCUT2D eigenvalue weighted by Gasteiger charge is -2.32. The average Bonchev–Trinajstić information content (AvgIpc) is 2.53. The number of anilines is 3. The van der Waals surface area contributed by atoms with E-state index in [0.717, 1.165) is 28.6 Å². The summed E-state index contributed by atoms with van der Waals surface area (Å²) in [6.45, 7) is 0. The van der Waals surface area contributed by atoms with Gasteiger partial charge in [0.1, 0.15) is 0 Å². The molecule has 0 aliphatic carbocycles. The molecular weight excluding hydrogens is 246 g/mol. The lowest BCUT2D eigenvalue weighted by molar-refractivity contribution is 0.477. The van der Waals surface area contributed by atoms with Gasteiger partial charge < -0.3 is 9.64 Å². The topological polar surface area (TPSA) is 12.5 Å². The maximum Gasteiger partial charge on any atom is 0.151 e. The molecule has 0 saturated carbocycles. The minimum absolute atomic E-state index is 0.884.